The van der Waals surface area contributed by atoms with Crippen LogP contribution >= 0.6 is 23.2 Å². The van der Waals surface area contributed by atoms with Crippen molar-refractivity contribution in [3.8, 4) is 0 Å². The molecule has 0 aliphatic rings. The van der Waals surface area contributed by atoms with E-state index in [2.05, 4.69) is 4.74 Å². The Kier molecular flexibility index (Phi) is 5.51. The highest BCUT2D eigenvalue weighted by Gasteiger charge is 2.24. The van der Waals surface area contributed by atoms with Crippen molar-refractivity contribution in [2.45, 2.75) is 24.7 Å². The van der Waals surface area contributed by atoms with Gasteiger partial charge in [-0.15, -0.1) is 0 Å². The molecular weight excluding hydrogens is 409 g/mol. The van der Waals surface area contributed by atoms with Crippen LogP contribution in [0, 0.1) is 6.92 Å². The van der Waals surface area contributed by atoms with E-state index in [1.165, 1.54) is 23.2 Å². The lowest BCUT2D eigenvalue weighted by Crippen LogP contribution is -2.16. The summed E-state index contributed by atoms with van der Waals surface area (Å²) in [7, 11) is -2.60. The highest BCUT2D eigenvalue weighted by atomic mass is 35.5. The van der Waals surface area contributed by atoms with Crippen molar-refractivity contribution in [2.24, 2.45) is 0 Å². The number of methoxy groups -OCH3 is 1. The molecule has 2 aromatic carbocycles. The maximum atomic E-state index is 13.4. The minimum absolute atomic E-state index is 0.0652. The number of carbonyl (C=O) groups excluding carboxylic acids is 1. The zero-order valence-electron chi connectivity index (χ0n) is 14.7. The van der Waals surface area contributed by atoms with Crippen molar-refractivity contribution in [1.82, 2.24) is 3.97 Å². The van der Waals surface area contributed by atoms with Crippen LogP contribution in [0.5, 0.6) is 0 Å². The van der Waals surface area contributed by atoms with Crippen molar-refractivity contribution in [2.75, 3.05) is 7.11 Å². The monoisotopic (exact) mass is 425 g/mol. The number of benzene rings is 2. The van der Waals surface area contributed by atoms with E-state index < -0.39 is 16.0 Å². The number of ether oxygens (including phenoxy) is 1. The predicted molar refractivity (Wildman–Crippen MR) is 106 cm³/mol. The number of esters is 1. The summed E-state index contributed by atoms with van der Waals surface area (Å²) in [6.45, 7) is 1.74. The molecule has 0 atom stereocenters. The quantitative estimate of drug-likeness (QED) is 0.560. The van der Waals surface area contributed by atoms with Crippen molar-refractivity contribution in [3.05, 3.63) is 63.8 Å². The number of hydrogen-bond acceptors (Lipinski definition) is 4. The second-order valence-corrected chi connectivity index (χ2v) is 8.73. The molecule has 0 N–H and O–H groups in total. The van der Waals surface area contributed by atoms with Gasteiger partial charge in [0.25, 0.3) is 10.0 Å². The highest BCUT2D eigenvalue weighted by Crippen LogP contribution is 2.30. The molecule has 3 rings (SSSR count). The lowest BCUT2D eigenvalue weighted by Gasteiger charge is -2.13. The lowest BCUT2D eigenvalue weighted by atomic mass is 10.2. The summed E-state index contributed by atoms with van der Waals surface area (Å²) in [5.41, 5.74) is 1.63. The Bertz CT molecular complexity index is 1140. The third-order valence-electron chi connectivity index (χ3n) is 4.27. The number of aryl methyl sites for hydroxylation is 2. The first-order valence-corrected chi connectivity index (χ1v) is 10.3. The standard InChI is InChI=1S/C19H17Cl2NO4S/c1-12-9-16(5-6-17(12)21)27(24,25)22-15(4-8-19(23)26-2)11-13-10-14(20)3-7-18(13)22/h3,5-7,9-11H,4,8H2,1-2H3. The molecule has 0 unspecified atom stereocenters. The Labute approximate surface area is 167 Å². The van der Waals surface area contributed by atoms with Gasteiger partial charge < -0.3 is 4.74 Å². The van der Waals surface area contributed by atoms with Crippen molar-refractivity contribution in [1.29, 1.82) is 0 Å². The molecule has 142 valence electrons. The van der Waals surface area contributed by atoms with Crippen LogP contribution in [0.4, 0.5) is 0 Å². The normalized spacial score (nSPS) is 11.7. The van der Waals surface area contributed by atoms with Crippen LogP contribution in [0.15, 0.2) is 47.4 Å². The molecule has 0 bridgehead atoms. The Morgan fingerprint density at radius 3 is 2.52 bits per heavy atom. The molecule has 5 nitrogen and oxygen atoms in total. The highest BCUT2D eigenvalue weighted by molar-refractivity contribution is 7.90. The summed E-state index contributed by atoms with van der Waals surface area (Å²) in [6, 6.07) is 11.3. The van der Waals surface area contributed by atoms with Crippen molar-refractivity contribution in [3.63, 3.8) is 0 Å². The molecule has 0 saturated carbocycles. The SMILES string of the molecule is COC(=O)CCc1cc2cc(Cl)ccc2n1S(=O)(=O)c1ccc(Cl)c(C)c1. The molecule has 0 radical (unpaired) electrons. The van der Waals surface area contributed by atoms with Crippen molar-refractivity contribution >= 4 is 50.1 Å². The van der Waals surface area contributed by atoms with Gasteiger partial charge in [0, 0.05) is 21.1 Å². The molecule has 0 aliphatic carbocycles. The van der Waals surface area contributed by atoms with Gasteiger partial charge in [-0.25, -0.2) is 12.4 Å². The number of rotatable bonds is 5. The van der Waals surface area contributed by atoms with Crippen LogP contribution < -0.4 is 0 Å². The first kappa shape index (κ1) is 19.7. The fourth-order valence-electron chi connectivity index (χ4n) is 2.89. The average Bonchev–Trinajstić information content (AvgIpc) is 2.99. The first-order chi connectivity index (χ1) is 12.7. The van der Waals surface area contributed by atoms with E-state index in [0.717, 1.165) is 0 Å². The topological polar surface area (TPSA) is 65.4 Å². The van der Waals surface area contributed by atoms with Crippen LogP contribution in [0.25, 0.3) is 10.9 Å². The molecule has 1 aromatic heterocycles. The number of halogens is 2. The molecule has 1 heterocycles. The number of fused-ring (bicyclic) bond motifs is 1. The fourth-order valence-corrected chi connectivity index (χ4v) is 4.84. The number of nitrogens with zero attached hydrogens (tertiary/aromatic N) is 1. The van der Waals surface area contributed by atoms with Crippen LogP contribution in [-0.4, -0.2) is 25.5 Å². The zero-order chi connectivity index (χ0) is 19.8. The number of carbonyl (C=O) groups is 1. The summed E-state index contributed by atoms with van der Waals surface area (Å²) < 4.78 is 32.7. The van der Waals surface area contributed by atoms with Gasteiger partial charge in [0.2, 0.25) is 0 Å². The molecule has 0 aliphatic heterocycles. The summed E-state index contributed by atoms with van der Waals surface area (Å²) in [4.78, 5) is 11.7. The zero-order valence-corrected chi connectivity index (χ0v) is 17.0. The van der Waals surface area contributed by atoms with E-state index >= 15 is 0 Å². The van der Waals surface area contributed by atoms with Gasteiger partial charge in [-0.2, -0.15) is 0 Å². The summed E-state index contributed by atoms with van der Waals surface area (Å²) in [5.74, 6) is -0.412. The largest absolute Gasteiger partial charge is 0.469 e. The maximum Gasteiger partial charge on any atom is 0.305 e. The van der Waals surface area contributed by atoms with Crippen molar-refractivity contribution < 1.29 is 17.9 Å². The van der Waals surface area contributed by atoms with E-state index in [1.807, 2.05) is 0 Å². The van der Waals surface area contributed by atoms with Crippen LogP contribution in [0.2, 0.25) is 10.0 Å². The number of aromatic nitrogens is 1. The first-order valence-electron chi connectivity index (χ1n) is 8.12. The molecule has 27 heavy (non-hydrogen) atoms. The fraction of sp³-hybridized carbons (Fsp3) is 0.211. The minimum Gasteiger partial charge on any atom is -0.469 e. The Morgan fingerprint density at radius 1 is 1.11 bits per heavy atom. The summed E-state index contributed by atoms with van der Waals surface area (Å²) >= 11 is 12.1. The molecule has 0 saturated heterocycles. The van der Waals surface area contributed by atoms with Gasteiger partial charge in [0.05, 0.1) is 23.9 Å². The van der Waals surface area contributed by atoms with Gasteiger partial charge in [0.15, 0.2) is 0 Å². The van der Waals surface area contributed by atoms with Gasteiger partial charge in [-0.1, -0.05) is 23.2 Å². The van der Waals surface area contributed by atoms with Gasteiger partial charge in [0.1, 0.15) is 0 Å². The average molecular weight is 426 g/mol. The third-order valence-corrected chi connectivity index (χ3v) is 6.69. The molecular formula is C19H17Cl2NO4S. The smallest absolute Gasteiger partial charge is 0.305 e. The van der Waals surface area contributed by atoms with Gasteiger partial charge >= 0.3 is 5.97 Å². The molecule has 3 aromatic rings. The number of hydrogen-bond donors (Lipinski definition) is 0. The molecule has 0 fully saturated rings. The second-order valence-electron chi connectivity index (χ2n) is 6.10. The van der Waals surface area contributed by atoms with E-state index in [1.54, 1.807) is 37.3 Å². The second kappa shape index (κ2) is 7.54. The Hall–Kier alpha value is -2.02. The van der Waals surface area contributed by atoms with E-state index in [-0.39, 0.29) is 17.7 Å². The molecule has 8 heteroatoms. The lowest BCUT2D eigenvalue weighted by molar-refractivity contribution is -0.140. The van der Waals surface area contributed by atoms with E-state index in [9.17, 15) is 13.2 Å². The predicted octanol–water partition coefficient (Wildman–Crippen LogP) is 4.60. The van der Waals surface area contributed by atoms with Crippen LogP contribution in [0.3, 0.4) is 0 Å². The molecule has 0 amide bonds. The third kappa shape index (κ3) is 3.83. The van der Waals surface area contributed by atoms with E-state index in [0.29, 0.717) is 32.2 Å². The van der Waals surface area contributed by atoms with E-state index in [4.69, 9.17) is 23.2 Å². The molecule has 0 spiro atoms. The summed E-state index contributed by atoms with van der Waals surface area (Å²) in [6.07, 6.45) is 0.278. The maximum absolute atomic E-state index is 13.4. The van der Waals surface area contributed by atoms with Gasteiger partial charge in [-0.3, -0.25) is 4.79 Å². The van der Waals surface area contributed by atoms with Gasteiger partial charge in [-0.05, 0) is 61.4 Å². The Morgan fingerprint density at radius 2 is 1.85 bits per heavy atom. The Balaban J connectivity index is 2.20. The minimum atomic E-state index is -3.90. The van der Waals surface area contributed by atoms with Crippen LogP contribution in [-0.2, 0) is 26.0 Å². The summed E-state index contributed by atoms with van der Waals surface area (Å²) in [5, 5.41) is 1.67. The van der Waals surface area contributed by atoms with Crippen LogP contribution in [0.1, 0.15) is 17.7 Å².